The molecule has 5 nitrogen and oxygen atoms in total. The molecule has 1 fully saturated rings. The molecule has 0 saturated heterocycles. The molecule has 0 aromatic carbocycles. The van der Waals surface area contributed by atoms with Crippen LogP contribution in [0.5, 0.6) is 0 Å². The van der Waals surface area contributed by atoms with Crippen LogP contribution in [0.3, 0.4) is 0 Å². The van der Waals surface area contributed by atoms with Gasteiger partial charge in [0.15, 0.2) is 0 Å². The number of amides is 1. The summed E-state index contributed by atoms with van der Waals surface area (Å²) in [6.07, 6.45) is 4.64. The zero-order chi connectivity index (χ0) is 15.5. The van der Waals surface area contributed by atoms with E-state index in [0.717, 1.165) is 29.1 Å². The van der Waals surface area contributed by atoms with Gasteiger partial charge in [0.25, 0.3) is 5.91 Å². The number of hydrogen-bond acceptors (Lipinski definition) is 5. The van der Waals surface area contributed by atoms with Crippen molar-refractivity contribution in [2.24, 2.45) is 5.92 Å². The summed E-state index contributed by atoms with van der Waals surface area (Å²) in [5, 5.41) is 17.4. The highest BCUT2D eigenvalue weighted by molar-refractivity contribution is 7.13. The minimum atomic E-state index is -0.463. The Hall–Kier alpha value is -1.73. The molecule has 0 bridgehead atoms. The van der Waals surface area contributed by atoms with E-state index in [0.29, 0.717) is 11.5 Å². The Labute approximate surface area is 136 Å². The SMILES string of the molecule is O=C(NC(c1cccs1)C1CCCC1)c1csc([N+](=O)[O-])c1. The number of nitrogens with zero attached hydrogens (tertiary/aromatic N) is 1. The zero-order valence-electron chi connectivity index (χ0n) is 11.9. The van der Waals surface area contributed by atoms with E-state index in [9.17, 15) is 14.9 Å². The number of thiophene rings is 2. The van der Waals surface area contributed by atoms with Gasteiger partial charge in [-0.05, 0) is 30.2 Å². The third-order valence-electron chi connectivity index (χ3n) is 4.04. The first-order valence-electron chi connectivity index (χ1n) is 7.22. The second kappa shape index (κ2) is 6.58. The van der Waals surface area contributed by atoms with E-state index >= 15 is 0 Å². The van der Waals surface area contributed by atoms with Crippen molar-refractivity contribution >= 4 is 33.6 Å². The van der Waals surface area contributed by atoms with Gasteiger partial charge in [0.1, 0.15) is 0 Å². The lowest BCUT2D eigenvalue weighted by atomic mass is 9.96. The molecule has 1 saturated carbocycles. The first kappa shape index (κ1) is 15.2. The van der Waals surface area contributed by atoms with Gasteiger partial charge >= 0.3 is 5.00 Å². The van der Waals surface area contributed by atoms with Crippen LogP contribution in [0.25, 0.3) is 0 Å². The van der Waals surface area contributed by atoms with Crippen LogP contribution in [0.1, 0.15) is 47.0 Å². The Morgan fingerprint density at radius 2 is 2.14 bits per heavy atom. The van der Waals surface area contributed by atoms with Crippen LogP contribution >= 0.6 is 22.7 Å². The Balaban J connectivity index is 1.77. The molecule has 1 N–H and O–H groups in total. The summed E-state index contributed by atoms with van der Waals surface area (Å²) in [6.45, 7) is 0. The molecule has 1 amide bonds. The number of carbonyl (C=O) groups is 1. The average Bonchev–Trinajstić information content (AvgIpc) is 3.26. The van der Waals surface area contributed by atoms with Crippen LogP contribution in [0.15, 0.2) is 29.0 Å². The van der Waals surface area contributed by atoms with Gasteiger partial charge < -0.3 is 5.32 Å². The molecule has 1 aliphatic rings. The fourth-order valence-electron chi connectivity index (χ4n) is 2.94. The summed E-state index contributed by atoms with van der Waals surface area (Å²) in [5.74, 6) is 0.228. The Morgan fingerprint density at radius 1 is 1.36 bits per heavy atom. The molecule has 1 atom stereocenters. The molecule has 7 heteroatoms. The smallest absolute Gasteiger partial charge is 0.324 e. The third kappa shape index (κ3) is 3.20. The number of nitrogens with one attached hydrogen (secondary N) is 1. The quantitative estimate of drug-likeness (QED) is 0.650. The number of carbonyl (C=O) groups excluding carboxylic acids is 1. The molecule has 3 rings (SSSR count). The molecule has 2 aromatic heterocycles. The van der Waals surface area contributed by atoms with Crippen LogP contribution in [0.4, 0.5) is 5.00 Å². The van der Waals surface area contributed by atoms with E-state index in [4.69, 9.17) is 0 Å². The fraction of sp³-hybridized carbons (Fsp3) is 0.400. The maximum absolute atomic E-state index is 12.4. The molecule has 1 aliphatic carbocycles. The van der Waals surface area contributed by atoms with Crippen LogP contribution < -0.4 is 5.32 Å². The predicted molar refractivity (Wildman–Crippen MR) is 87.5 cm³/mol. The minimum absolute atomic E-state index is 0.00121. The van der Waals surface area contributed by atoms with Gasteiger partial charge in [-0.3, -0.25) is 14.9 Å². The molecule has 0 spiro atoms. The molecule has 0 aliphatic heterocycles. The highest BCUT2D eigenvalue weighted by atomic mass is 32.1. The van der Waals surface area contributed by atoms with Gasteiger partial charge in [0.05, 0.1) is 16.5 Å². The normalized spacial score (nSPS) is 16.5. The van der Waals surface area contributed by atoms with E-state index in [1.54, 1.807) is 16.7 Å². The summed E-state index contributed by atoms with van der Waals surface area (Å²) in [6, 6.07) is 5.39. The molecular weight excluding hydrogens is 320 g/mol. The maximum atomic E-state index is 12.4. The Kier molecular flexibility index (Phi) is 4.54. The highest BCUT2D eigenvalue weighted by Gasteiger charge is 2.29. The van der Waals surface area contributed by atoms with Gasteiger partial charge in [-0.1, -0.05) is 30.2 Å². The Bertz CT molecular complexity index is 660. The molecule has 116 valence electrons. The number of nitro groups is 1. The lowest BCUT2D eigenvalue weighted by Crippen LogP contribution is -2.32. The second-order valence-corrected chi connectivity index (χ2v) is 7.31. The summed E-state index contributed by atoms with van der Waals surface area (Å²) >= 11 is 2.63. The summed E-state index contributed by atoms with van der Waals surface area (Å²) < 4.78 is 0. The van der Waals surface area contributed by atoms with Gasteiger partial charge in [-0.25, -0.2) is 0 Å². The molecule has 2 aromatic rings. The van der Waals surface area contributed by atoms with Crippen LogP contribution in [0, 0.1) is 16.0 Å². The molecule has 1 unspecified atom stereocenters. The van der Waals surface area contributed by atoms with E-state index in [-0.39, 0.29) is 17.0 Å². The van der Waals surface area contributed by atoms with E-state index < -0.39 is 4.92 Å². The summed E-state index contributed by atoms with van der Waals surface area (Å²) in [5.41, 5.74) is 0.372. The lowest BCUT2D eigenvalue weighted by Gasteiger charge is -2.23. The Morgan fingerprint density at radius 3 is 2.73 bits per heavy atom. The molecule has 0 radical (unpaired) electrons. The van der Waals surface area contributed by atoms with Crippen LogP contribution in [0.2, 0.25) is 0 Å². The first-order valence-corrected chi connectivity index (χ1v) is 8.98. The molecule has 2 heterocycles. The van der Waals surface area contributed by atoms with Crippen molar-refractivity contribution in [2.75, 3.05) is 0 Å². The van der Waals surface area contributed by atoms with E-state index in [2.05, 4.69) is 5.32 Å². The minimum Gasteiger partial charge on any atom is -0.344 e. The third-order valence-corrected chi connectivity index (χ3v) is 5.87. The maximum Gasteiger partial charge on any atom is 0.324 e. The summed E-state index contributed by atoms with van der Waals surface area (Å²) in [7, 11) is 0. The standard InChI is InChI=1S/C15H16N2O3S2/c18-15(11-8-13(17(19)20)22-9-11)16-14(10-4-1-2-5-10)12-6-3-7-21-12/h3,6-10,14H,1-2,4-5H2,(H,16,18). The van der Waals surface area contributed by atoms with Crippen molar-refractivity contribution in [3.05, 3.63) is 49.5 Å². The second-order valence-electron chi connectivity index (χ2n) is 5.44. The van der Waals surface area contributed by atoms with E-state index in [1.165, 1.54) is 18.9 Å². The van der Waals surface area contributed by atoms with Crippen molar-refractivity contribution in [2.45, 2.75) is 31.7 Å². The predicted octanol–water partition coefficient (Wildman–Crippen LogP) is 4.38. The number of hydrogen-bond donors (Lipinski definition) is 1. The van der Waals surface area contributed by atoms with Crippen LogP contribution in [-0.2, 0) is 0 Å². The van der Waals surface area contributed by atoms with Crippen molar-refractivity contribution in [1.29, 1.82) is 0 Å². The zero-order valence-corrected chi connectivity index (χ0v) is 13.5. The summed E-state index contributed by atoms with van der Waals surface area (Å²) in [4.78, 5) is 23.9. The van der Waals surface area contributed by atoms with Crippen molar-refractivity contribution in [3.63, 3.8) is 0 Å². The van der Waals surface area contributed by atoms with Gasteiger partial charge in [0.2, 0.25) is 0 Å². The van der Waals surface area contributed by atoms with Crippen LogP contribution in [-0.4, -0.2) is 10.8 Å². The van der Waals surface area contributed by atoms with Crippen molar-refractivity contribution in [3.8, 4) is 0 Å². The number of rotatable bonds is 5. The van der Waals surface area contributed by atoms with Gasteiger partial charge in [0, 0.05) is 16.3 Å². The first-order chi connectivity index (χ1) is 10.6. The van der Waals surface area contributed by atoms with Crippen molar-refractivity contribution in [1.82, 2.24) is 5.32 Å². The fourth-order valence-corrected chi connectivity index (χ4v) is 4.52. The molecular formula is C15H16N2O3S2. The topological polar surface area (TPSA) is 72.2 Å². The van der Waals surface area contributed by atoms with Gasteiger partial charge in [-0.15, -0.1) is 11.3 Å². The van der Waals surface area contributed by atoms with Gasteiger partial charge in [-0.2, -0.15) is 0 Å². The largest absolute Gasteiger partial charge is 0.344 e. The highest BCUT2D eigenvalue weighted by Crippen LogP contribution is 2.37. The monoisotopic (exact) mass is 336 g/mol. The average molecular weight is 336 g/mol. The van der Waals surface area contributed by atoms with E-state index in [1.807, 2.05) is 17.5 Å². The lowest BCUT2D eigenvalue weighted by molar-refractivity contribution is -0.380. The van der Waals surface area contributed by atoms with Crippen molar-refractivity contribution < 1.29 is 9.72 Å². The molecule has 22 heavy (non-hydrogen) atoms.